The van der Waals surface area contributed by atoms with Crippen LogP contribution in [-0.4, -0.2) is 61.3 Å². The first-order valence-corrected chi connectivity index (χ1v) is 11.0. The van der Waals surface area contributed by atoms with Gasteiger partial charge in [-0.05, 0) is 54.8 Å². The summed E-state index contributed by atoms with van der Waals surface area (Å²) in [7, 11) is -3.49. The van der Waals surface area contributed by atoms with Crippen molar-refractivity contribution in [2.24, 2.45) is 0 Å². The van der Waals surface area contributed by atoms with Crippen LogP contribution in [0.5, 0.6) is 0 Å². The van der Waals surface area contributed by atoms with E-state index in [9.17, 15) is 13.2 Å². The maximum Gasteiger partial charge on any atom is 0.253 e. The lowest BCUT2D eigenvalue weighted by Crippen LogP contribution is -2.48. The predicted octanol–water partition coefficient (Wildman–Crippen LogP) is 1.48. The van der Waals surface area contributed by atoms with E-state index in [2.05, 4.69) is 14.6 Å². The molecule has 1 aliphatic heterocycles. The van der Waals surface area contributed by atoms with E-state index in [1.54, 1.807) is 24.5 Å². The second-order valence-electron chi connectivity index (χ2n) is 7.34. The van der Waals surface area contributed by atoms with Crippen LogP contribution < -0.4 is 4.72 Å². The highest BCUT2D eigenvalue weighted by molar-refractivity contribution is 7.89. The lowest BCUT2D eigenvalue weighted by molar-refractivity contribution is 0.0628. The highest BCUT2D eigenvalue weighted by atomic mass is 32.2. The minimum atomic E-state index is -3.49. The number of nitrogens with one attached hydrogen (secondary N) is 1. The molecule has 0 atom stereocenters. The Morgan fingerprint density at radius 3 is 2.25 bits per heavy atom. The van der Waals surface area contributed by atoms with Crippen LogP contribution in [-0.2, 0) is 16.6 Å². The monoisotopic (exact) mass is 400 g/mol. The summed E-state index contributed by atoms with van der Waals surface area (Å²) in [5.74, 6) is -0.0531. The number of pyridine rings is 1. The van der Waals surface area contributed by atoms with Gasteiger partial charge in [0.1, 0.15) is 0 Å². The summed E-state index contributed by atoms with van der Waals surface area (Å²) in [6.45, 7) is 3.79. The molecule has 1 amide bonds. The minimum Gasteiger partial charge on any atom is -0.336 e. The lowest BCUT2D eigenvalue weighted by Gasteiger charge is -2.34. The molecule has 7 nitrogen and oxygen atoms in total. The maximum absolute atomic E-state index is 12.7. The van der Waals surface area contributed by atoms with E-state index in [1.165, 1.54) is 17.7 Å². The van der Waals surface area contributed by atoms with Crippen LogP contribution in [0.3, 0.4) is 0 Å². The molecule has 1 saturated heterocycles. The molecule has 1 aromatic carbocycles. The van der Waals surface area contributed by atoms with Crippen molar-refractivity contribution in [1.29, 1.82) is 0 Å². The fourth-order valence-corrected chi connectivity index (χ4v) is 4.61. The summed E-state index contributed by atoms with van der Waals surface area (Å²) < 4.78 is 27.1. The highest BCUT2D eigenvalue weighted by Crippen LogP contribution is 2.22. The number of benzene rings is 1. The van der Waals surface area contributed by atoms with E-state index in [0.29, 0.717) is 18.7 Å². The molecule has 2 heterocycles. The molecule has 1 aliphatic carbocycles. The molecule has 2 fully saturated rings. The number of amides is 1. The van der Waals surface area contributed by atoms with Crippen molar-refractivity contribution in [3.05, 3.63) is 59.9 Å². The van der Waals surface area contributed by atoms with Crippen molar-refractivity contribution >= 4 is 15.9 Å². The summed E-state index contributed by atoms with van der Waals surface area (Å²) in [6, 6.07) is 10.3. The van der Waals surface area contributed by atoms with Gasteiger partial charge in [0.2, 0.25) is 10.0 Å². The van der Waals surface area contributed by atoms with Crippen LogP contribution in [0.1, 0.15) is 28.8 Å². The van der Waals surface area contributed by atoms with Crippen molar-refractivity contribution in [1.82, 2.24) is 19.5 Å². The van der Waals surface area contributed by atoms with Gasteiger partial charge in [0.25, 0.3) is 5.91 Å². The van der Waals surface area contributed by atoms with Gasteiger partial charge in [-0.15, -0.1) is 0 Å². The summed E-state index contributed by atoms with van der Waals surface area (Å²) in [5.41, 5.74) is 1.74. The SMILES string of the molecule is O=C(c1ccc(S(=O)(=O)NC2CC2)cc1)N1CCN(Cc2ccncc2)CC1. The van der Waals surface area contributed by atoms with Crippen LogP contribution in [0, 0.1) is 0 Å². The number of nitrogens with zero attached hydrogens (tertiary/aromatic N) is 3. The molecule has 28 heavy (non-hydrogen) atoms. The third-order valence-electron chi connectivity index (χ3n) is 5.13. The number of hydrogen-bond acceptors (Lipinski definition) is 5. The first kappa shape index (κ1) is 19.0. The zero-order valence-electron chi connectivity index (χ0n) is 15.6. The molecule has 0 radical (unpaired) electrons. The van der Waals surface area contributed by atoms with Gasteiger partial charge in [-0.2, -0.15) is 0 Å². The minimum absolute atomic E-state index is 0.0531. The van der Waals surface area contributed by atoms with Crippen molar-refractivity contribution in [2.45, 2.75) is 30.3 Å². The second-order valence-corrected chi connectivity index (χ2v) is 9.06. The molecule has 1 aromatic heterocycles. The van der Waals surface area contributed by atoms with Gasteiger partial charge in [0.15, 0.2) is 0 Å². The fourth-order valence-electron chi connectivity index (χ4n) is 3.30. The average Bonchev–Trinajstić information content (AvgIpc) is 3.52. The number of carbonyl (C=O) groups excluding carboxylic acids is 1. The quantitative estimate of drug-likeness (QED) is 0.794. The number of piperazine rings is 1. The number of carbonyl (C=O) groups is 1. The van der Waals surface area contributed by atoms with Crippen LogP contribution in [0.15, 0.2) is 53.7 Å². The van der Waals surface area contributed by atoms with Crippen molar-refractivity contribution in [3.8, 4) is 0 Å². The second kappa shape index (κ2) is 7.98. The molecule has 0 bridgehead atoms. The number of aromatic nitrogens is 1. The van der Waals surface area contributed by atoms with Crippen LogP contribution in [0.2, 0.25) is 0 Å². The molecule has 0 spiro atoms. The van der Waals surface area contributed by atoms with Gasteiger partial charge >= 0.3 is 0 Å². The molecule has 2 aliphatic rings. The summed E-state index contributed by atoms with van der Waals surface area (Å²) in [5, 5.41) is 0. The molecule has 1 N–H and O–H groups in total. The molecular weight excluding hydrogens is 376 g/mol. The van der Waals surface area contributed by atoms with E-state index in [4.69, 9.17) is 0 Å². The smallest absolute Gasteiger partial charge is 0.253 e. The topological polar surface area (TPSA) is 82.6 Å². The summed E-state index contributed by atoms with van der Waals surface area (Å²) in [6.07, 6.45) is 5.37. The van der Waals surface area contributed by atoms with E-state index in [1.807, 2.05) is 17.0 Å². The lowest BCUT2D eigenvalue weighted by atomic mass is 10.1. The van der Waals surface area contributed by atoms with E-state index < -0.39 is 10.0 Å². The largest absolute Gasteiger partial charge is 0.336 e. The molecule has 0 unspecified atom stereocenters. The van der Waals surface area contributed by atoms with Gasteiger partial charge in [-0.25, -0.2) is 13.1 Å². The Labute approximate surface area is 165 Å². The Balaban J connectivity index is 1.33. The van der Waals surface area contributed by atoms with Crippen LogP contribution in [0.25, 0.3) is 0 Å². The number of sulfonamides is 1. The molecule has 1 saturated carbocycles. The first-order chi connectivity index (χ1) is 13.5. The standard InChI is InChI=1S/C20H24N4O3S/c25-20(17-1-5-19(6-2-17)28(26,27)22-18-3-4-18)24-13-11-23(12-14-24)15-16-7-9-21-10-8-16/h1-2,5-10,18,22H,3-4,11-15H2. The Hall–Kier alpha value is -2.29. The van der Waals surface area contributed by atoms with Crippen molar-refractivity contribution in [2.75, 3.05) is 26.2 Å². The van der Waals surface area contributed by atoms with Crippen LogP contribution >= 0.6 is 0 Å². The summed E-state index contributed by atoms with van der Waals surface area (Å²) >= 11 is 0. The zero-order chi connectivity index (χ0) is 19.6. The molecule has 8 heteroatoms. The van der Waals surface area contributed by atoms with Gasteiger partial charge in [0.05, 0.1) is 4.90 Å². The number of hydrogen-bond donors (Lipinski definition) is 1. The van der Waals surface area contributed by atoms with Crippen molar-refractivity contribution < 1.29 is 13.2 Å². The van der Waals surface area contributed by atoms with Gasteiger partial charge in [-0.3, -0.25) is 14.7 Å². The van der Waals surface area contributed by atoms with Gasteiger partial charge < -0.3 is 4.90 Å². The van der Waals surface area contributed by atoms with E-state index in [-0.39, 0.29) is 16.8 Å². The fraction of sp³-hybridized carbons (Fsp3) is 0.400. The number of rotatable bonds is 6. The molecule has 2 aromatic rings. The van der Waals surface area contributed by atoms with Gasteiger partial charge in [-0.1, -0.05) is 0 Å². The average molecular weight is 401 g/mol. The van der Waals surface area contributed by atoms with Crippen LogP contribution in [0.4, 0.5) is 0 Å². The Bertz CT molecular complexity index is 920. The molecular formula is C20H24N4O3S. The zero-order valence-corrected chi connectivity index (χ0v) is 16.4. The third kappa shape index (κ3) is 4.57. The highest BCUT2D eigenvalue weighted by Gasteiger charge is 2.28. The normalized spacial score (nSPS) is 18.2. The van der Waals surface area contributed by atoms with E-state index in [0.717, 1.165) is 32.5 Å². The van der Waals surface area contributed by atoms with E-state index >= 15 is 0 Å². The molecule has 148 valence electrons. The van der Waals surface area contributed by atoms with Gasteiger partial charge in [0, 0.05) is 56.7 Å². The maximum atomic E-state index is 12.7. The predicted molar refractivity (Wildman–Crippen MR) is 105 cm³/mol. The Morgan fingerprint density at radius 2 is 1.64 bits per heavy atom. The Kier molecular flexibility index (Phi) is 5.43. The first-order valence-electron chi connectivity index (χ1n) is 9.54. The Morgan fingerprint density at radius 1 is 1.00 bits per heavy atom. The summed E-state index contributed by atoms with van der Waals surface area (Å²) in [4.78, 5) is 21.1. The molecule has 4 rings (SSSR count). The third-order valence-corrected chi connectivity index (χ3v) is 6.66. The van der Waals surface area contributed by atoms with Crippen molar-refractivity contribution in [3.63, 3.8) is 0 Å².